The third-order valence-corrected chi connectivity index (χ3v) is 18.3. The van der Waals surface area contributed by atoms with Crippen molar-refractivity contribution in [2.45, 2.75) is 61.4 Å². The highest BCUT2D eigenvalue weighted by Gasteiger charge is 2.30. The first kappa shape index (κ1) is 51.3. The molecule has 0 fully saturated rings. The molecule has 0 heterocycles. The van der Waals surface area contributed by atoms with Gasteiger partial charge >= 0.3 is 8.60 Å². The summed E-state index contributed by atoms with van der Waals surface area (Å²) in [4.78, 5) is 0. The number of hydrogen-bond acceptors (Lipinski definition) is 6. The Balaban J connectivity index is 1.19. The molecule has 6 nitrogen and oxygen atoms in total. The molecule has 0 spiro atoms. The lowest BCUT2D eigenvalue weighted by atomic mass is 9.92. The van der Waals surface area contributed by atoms with E-state index in [4.69, 9.17) is 26.8 Å². The van der Waals surface area contributed by atoms with Gasteiger partial charge in [0.25, 0.3) is 0 Å². The Bertz CT molecular complexity index is 2890. The molecule has 0 aromatic heterocycles. The van der Waals surface area contributed by atoms with Gasteiger partial charge in [0, 0.05) is 16.7 Å². The average molecular weight is 1030 g/mol. The number of rotatable bonds is 21. The molecule has 0 atom stereocenters. The topological polar surface area (TPSA) is 55.4 Å². The second-order valence-electron chi connectivity index (χ2n) is 18.5. The van der Waals surface area contributed by atoms with E-state index in [1.54, 1.807) is 0 Å². The summed E-state index contributed by atoms with van der Waals surface area (Å²) in [7, 11) is -5.32. The molecule has 0 N–H and O–H groups in total. The minimum absolute atomic E-state index is 0.435. The maximum atomic E-state index is 7.46. The van der Waals surface area contributed by atoms with Gasteiger partial charge in [-0.1, -0.05) is 182 Å². The smallest absolute Gasteiger partial charge is 0.414 e. The van der Waals surface area contributed by atoms with Crippen LogP contribution in [0.15, 0.2) is 200 Å². The van der Waals surface area contributed by atoms with Crippen LogP contribution in [0.25, 0.3) is 33.4 Å². The summed E-state index contributed by atoms with van der Waals surface area (Å²) in [6, 6.07) is 69.4. The molecule has 0 unspecified atom stereocenters. The molecule has 10 heteroatoms. The van der Waals surface area contributed by atoms with E-state index in [-0.39, 0.29) is 0 Å². The van der Waals surface area contributed by atoms with Crippen molar-refractivity contribution < 1.29 is 26.8 Å². The molecule has 0 bridgehead atoms. The monoisotopic (exact) mass is 1030 g/mol. The van der Waals surface area contributed by atoms with Gasteiger partial charge in [-0.05, 0) is 142 Å². The minimum atomic E-state index is -2.26. The highest BCUT2D eigenvalue weighted by Crippen LogP contribution is 2.52. The molecule has 0 amide bonds. The van der Waals surface area contributed by atoms with Gasteiger partial charge in [-0.3, -0.25) is 0 Å². The molecule has 73 heavy (non-hydrogen) atoms. The van der Waals surface area contributed by atoms with E-state index in [9.17, 15) is 0 Å². The maximum Gasteiger partial charge on any atom is 0.530 e. The zero-order chi connectivity index (χ0) is 50.5. The first-order chi connectivity index (χ1) is 35.7. The van der Waals surface area contributed by atoms with Crippen LogP contribution < -0.4 is 29.1 Å². The predicted octanol–water partition coefficient (Wildman–Crippen LogP) is 12.1. The molecule has 9 aromatic rings. The van der Waals surface area contributed by atoms with Crippen LogP contribution in [0.3, 0.4) is 0 Å². The number of hydrogen-bond donors (Lipinski definition) is 0. The number of benzene rings is 9. The van der Waals surface area contributed by atoms with Crippen molar-refractivity contribution >= 4 is 53.5 Å². The molecule has 9 rings (SSSR count). The van der Waals surface area contributed by atoms with Gasteiger partial charge in [-0.2, -0.15) is 0 Å². The summed E-state index contributed by atoms with van der Waals surface area (Å²) < 4.78 is 42.4. The van der Waals surface area contributed by atoms with Crippen molar-refractivity contribution in [2.75, 3.05) is 0 Å². The first-order valence-electron chi connectivity index (χ1n) is 25.0. The molecular weight excluding hydrogens is 968 g/mol. The van der Waals surface area contributed by atoms with Crippen LogP contribution in [0.1, 0.15) is 50.1 Å². The lowest BCUT2D eigenvalue weighted by Gasteiger charge is -2.27. The normalized spacial score (nSPS) is 12.1. The van der Waals surface area contributed by atoms with Crippen LogP contribution in [-0.4, -0.2) is 29.3 Å². The Labute approximate surface area is 440 Å². The predicted molar refractivity (Wildman–Crippen MR) is 311 cm³/mol. The molecule has 0 saturated carbocycles. The van der Waals surface area contributed by atoms with Gasteiger partial charge < -0.3 is 26.8 Å². The lowest BCUT2D eigenvalue weighted by molar-refractivity contribution is 0.328. The van der Waals surface area contributed by atoms with Crippen LogP contribution in [0.5, 0.6) is 17.2 Å². The fourth-order valence-electron chi connectivity index (χ4n) is 9.21. The Kier molecular flexibility index (Phi) is 17.4. The van der Waals surface area contributed by atoms with Crippen molar-refractivity contribution in [3.05, 3.63) is 250 Å². The molecule has 0 aliphatic heterocycles. The summed E-state index contributed by atoms with van der Waals surface area (Å²) >= 11 is 0. The Morgan fingerprint density at radius 1 is 0.315 bits per heavy atom. The van der Waals surface area contributed by atoms with Crippen molar-refractivity contribution in [3.8, 4) is 50.6 Å². The van der Waals surface area contributed by atoms with Crippen LogP contribution in [0.4, 0.5) is 0 Å². The number of aryl methyl sites for hydroxylation is 3. The SMILES string of the molecule is Cc1cc(OP(Oc2cc(C)c(C)c(CO[SiH2]c3ccccc3)c2-c2ccccc2)Oc2cc(C)c(C)c(CO[SiH2]c3ccccc3)c2-c2ccccc2)c(-c2ccccc2)c(CO[SiH2]c2ccccc2)c1C. The quantitative estimate of drug-likeness (QED) is 0.0528. The third-order valence-electron chi connectivity index (χ3n) is 13.6. The van der Waals surface area contributed by atoms with E-state index in [0.29, 0.717) is 37.1 Å². The summed E-state index contributed by atoms with van der Waals surface area (Å²) in [5, 5.41) is 3.75. The minimum Gasteiger partial charge on any atom is -0.414 e. The molecule has 0 saturated heterocycles. The van der Waals surface area contributed by atoms with E-state index in [0.717, 1.165) is 83.5 Å². The van der Waals surface area contributed by atoms with Gasteiger partial charge in [-0.25, -0.2) is 0 Å². The molecular formula is C63H63O6PSi3. The summed E-state index contributed by atoms with van der Waals surface area (Å²) in [5.41, 5.74) is 15.9. The van der Waals surface area contributed by atoms with Crippen LogP contribution >= 0.6 is 8.60 Å². The van der Waals surface area contributed by atoms with Crippen molar-refractivity contribution in [3.63, 3.8) is 0 Å². The molecule has 0 aliphatic carbocycles. The van der Waals surface area contributed by atoms with E-state index in [1.165, 1.54) is 15.6 Å². The molecule has 368 valence electrons. The zero-order valence-corrected chi connectivity index (χ0v) is 47.8. The van der Waals surface area contributed by atoms with Gasteiger partial charge in [-0.15, -0.1) is 0 Å². The zero-order valence-electron chi connectivity index (χ0n) is 42.7. The highest BCUT2D eigenvalue weighted by atomic mass is 31.2. The second-order valence-corrected chi connectivity index (χ2v) is 24.1. The van der Waals surface area contributed by atoms with E-state index < -0.39 is 37.9 Å². The van der Waals surface area contributed by atoms with Crippen LogP contribution in [-0.2, 0) is 33.1 Å². The Morgan fingerprint density at radius 3 is 0.795 bits per heavy atom. The Morgan fingerprint density at radius 2 is 0.548 bits per heavy atom. The fraction of sp³-hybridized carbons (Fsp3) is 0.143. The largest absolute Gasteiger partial charge is 0.530 e. The van der Waals surface area contributed by atoms with Crippen LogP contribution in [0, 0.1) is 41.5 Å². The second kappa shape index (κ2) is 24.8. The van der Waals surface area contributed by atoms with Crippen molar-refractivity contribution in [2.24, 2.45) is 0 Å². The summed E-state index contributed by atoms with van der Waals surface area (Å²) in [5.74, 6) is 1.97. The summed E-state index contributed by atoms with van der Waals surface area (Å²) in [6.45, 7) is 14.3. The van der Waals surface area contributed by atoms with Crippen molar-refractivity contribution in [1.29, 1.82) is 0 Å². The molecule has 9 aromatic carbocycles. The van der Waals surface area contributed by atoms with Gasteiger partial charge in [0.05, 0.1) is 19.8 Å². The van der Waals surface area contributed by atoms with Gasteiger partial charge in [0.2, 0.25) is 0 Å². The molecule has 0 radical (unpaired) electrons. The van der Waals surface area contributed by atoms with Gasteiger partial charge in [0.15, 0.2) is 29.3 Å². The first-order valence-corrected chi connectivity index (χ1v) is 29.9. The lowest BCUT2D eigenvalue weighted by Crippen LogP contribution is -2.18. The van der Waals surface area contributed by atoms with E-state index in [1.807, 2.05) is 36.4 Å². The van der Waals surface area contributed by atoms with E-state index in [2.05, 4.69) is 205 Å². The van der Waals surface area contributed by atoms with Crippen LogP contribution in [0.2, 0.25) is 0 Å². The summed E-state index contributed by atoms with van der Waals surface area (Å²) in [6.07, 6.45) is 0. The van der Waals surface area contributed by atoms with Crippen molar-refractivity contribution in [1.82, 2.24) is 0 Å². The standard InChI is InChI=1S/C63H63O6PSi3/c1-43-37-58(61(49-25-13-7-14-26-49)55(46(43)4)40-64-71-52-31-19-10-20-32-52)67-70(68-59-38-44(2)47(5)56(62(59)50-27-15-8-16-28-50)41-65-72-53-33-21-11-22-34-53)69-60-39-45(3)48(6)57(63(60)51-29-17-9-18-30-51)42-66-73-54-35-23-12-24-36-54/h7-39H,40-42,71-73H2,1-6H3. The molecule has 0 aliphatic rings. The average Bonchev–Trinajstić information content (AvgIpc) is 3.42. The third kappa shape index (κ3) is 12.8. The van der Waals surface area contributed by atoms with Gasteiger partial charge in [0.1, 0.15) is 17.2 Å². The fourth-order valence-corrected chi connectivity index (χ4v) is 13.3. The van der Waals surface area contributed by atoms with E-state index >= 15 is 0 Å². The maximum absolute atomic E-state index is 7.46. The highest BCUT2D eigenvalue weighted by molar-refractivity contribution is 7.43. The Hall–Kier alpha value is -6.66.